The first-order chi connectivity index (χ1) is 14.5. The van der Waals surface area contributed by atoms with E-state index in [-0.39, 0.29) is 5.97 Å². The largest absolute Gasteiger partial charge is 0.469 e. The van der Waals surface area contributed by atoms with E-state index in [1.165, 1.54) is 39.2 Å². The van der Waals surface area contributed by atoms with Crippen LogP contribution in [0, 0.1) is 0 Å². The lowest BCUT2D eigenvalue weighted by atomic mass is 10.00. The van der Waals surface area contributed by atoms with Gasteiger partial charge in [0.1, 0.15) is 0 Å². The Bertz CT molecular complexity index is 777. The SMILES string of the molecule is CCCCCCCCC(O)c1ccc2ccc(CC(O)CCCC(=O)OC)nc2c1. The lowest BCUT2D eigenvalue weighted by molar-refractivity contribution is -0.140. The predicted octanol–water partition coefficient (Wildman–Crippen LogP) is 5.27. The van der Waals surface area contributed by atoms with E-state index in [0.717, 1.165) is 35.0 Å². The standard InChI is InChI=1S/C25H37NO4/c1-3-4-5-6-7-8-11-24(28)20-14-13-19-15-16-21(26-23(19)17-20)18-22(27)10-9-12-25(29)30-2/h13-17,22,24,27-28H,3-12,18H2,1-2H3. The van der Waals surface area contributed by atoms with E-state index >= 15 is 0 Å². The Labute approximate surface area is 180 Å². The van der Waals surface area contributed by atoms with Crippen LogP contribution < -0.4 is 0 Å². The Morgan fingerprint density at radius 2 is 1.73 bits per heavy atom. The minimum atomic E-state index is -0.541. The van der Waals surface area contributed by atoms with Crippen LogP contribution in [-0.4, -0.2) is 34.4 Å². The Morgan fingerprint density at radius 1 is 1.00 bits per heavy atom. The first-order valence-corrected chi connectivity index (χ1v) is 11.4. The molecule has 0 aliphatic carbocycles. The Hall–Kier alpha value is -1.98. The number of esters is 1. The van der Waals surface area contributed by atoms with Crippen molar-refractivity contribution in [2.24, 2.45) is 0 Å². The summed E-state index contributed by atoms with van der Waals surface area (Å²) >= 11 is 0. The number of fused-ring (bicyclic) bond motifs is 1. The molecule has 0 aliphatic rings. The lowest BCUT2D eigenvalue weighted by Crippen LogP contribution is -2.12. The smallest absolute Gasteiger partial charge is 0.305 e. The topological polar surface area (TPSA) is 79.7 Å². The van der Waals surface area contributed by atoms with Crippen LogP contribution in [0.15, 0.2) is 30.3 Å². The Balaban J connectivity index is 1.89. The molecule has 30 heavy (non-hydrogen) atoms. The van der Waals surface area contributed by atoms with E-state index in [1.807, 2.05) is 30.3 Å². The summed E-state index contributed by atoms with van der Waals surface area (Å²) in [6.07, 6.45) is 8.93. The number of unbranched alkanes of at least 4 members (excludes halogenated alkanes) is 5. The second kappa shape index (κ2) is 13.3. The number of carbonyl (C=O) groups excluding carboxylic acids is 1. The molecule has 0 amide bonds. The van der Waals surface area contributed by atoms with Gasteiger partial charge in [-0.15, -0.1) is 0 Å². The van der Waals surface area contributed by atoms with Crippen molar-refractivity contribution in [2.75, 3.05) is 7.11 Å². The van der Waals surface area contributed by atoms with Gasteiger partial charge in [-0.3, -0.25) is 9.78 Å². The fraction of sp³-hybridized carbons (Fsp3) is 0.600. The maximum Gasteiger partial charge on any atom is 0.305 e. The number of aliphatic hydroxyl groups is 2. The van der Waals surface area contributed by atoms with Crippen molar-refractivity contribution in [1.29, 1.82) is 0 Å². The third kappa shape index (κ3) is 8.41. The molecule has 1 aromatic heterocycles. The van der Waals surface area contributed by atoms with Gasteiger partial charge in [-0.25, -0.2) is 0 Å². The number of carbonyl (C=O) groups is 1. The number of nitrogens with zero attached hydrogens (tertiary/aromatic N) is 1. The maximum atomic E-state index is 11.2. The number of pyridine rings is 1. The molecule has 0 saturated carbocycles. The van der Waals surface area contributed by atoms with Crippen LogP contribution in [-0.2, 0) is 16.0 Å². The molecular formula is C25H37NO4. The average Bonchev–Trinajstić information content (AvgIpc) is 2.75. The van der Waals surface area contributed by atoms with Crippen LogP contribution in [0.4, 0.5) is 0 Å². The third-order valence-electron chi connectivity index (χ3n) is 5.58. The van der Waals surface area contributed by atoms with E-state index in [0.29, 0.717) is 25.7 Å². The highest BCUT2D eigenvalue weighted by atomic mass is 16.5. The predicted molar refractivity (Wildman–Crippen MR) is 120 cm³/mol. The molecule has 5 nitrogen and oxygen atoms in total. The summed E-state index contributed by atoms with van der Waals surface area (Å²) in [6, 6.07) is 9.87. The van der Waals surface area contributed by atoms with Crippen molar-refractivity contribution in [3.05, 3.63) is 41.6 Å². The second-order valence-electron chi connectivity index (χ2n) is 8.15. The second-order valence-corrected chi connectivity index (χ2v) is 8.15. The number of hydrogen-bond acceptors (Lipinski definition) is 5. The number of ether oxygens (including phenoxy) is 1. The van der Waals surface area contributed by atoms with Crippen LogP contribution in [0.5, 0.6) is 0 Å². The van der Waals surface area contributed by atoms with Crippen molar-refractivity contribution < 1.29 is 19.7 Å². The molecule has 166 valence electrons. The number of aliphatic hydroxyl groups excluding tert-OH is 2. The molecular weight excluding hydrogens is 378 g/mol. The summed E-state index contributed by atoms with van der Waals surface area (Å²) in [5, 5.41) is 21.8. The monoisotopic (exact) mass is 415 g/mol. The Kier molecular flexibility index (Phi) is 10.8. The van der Waals surface area contributed by atoms with Gasteiger partial charge in [-0.2, -0.15) is 0 Å². The molecule has 2 aromatic rings. The maximum absolute atomic E-state index is 11.2. The van der Waals surface area contributed by atoms with Crippen molar-refractivity contribution in [3.8, 4) is 0 Å². The highest BCUT2D eigenvalue weighted by Crippen LogP contribution is 2.24. The quantitative estimate of drug-likeness (QED) is 0.325. The molecule has 0 saturated heterocycles. The number of aromatic nitrogens is 1. The molecule has 0 bridgehead atoms. The molecule has 0 radical (unpaired) electrons. The molecule has 2 atom stereocenters. The van der Waals surface area contributed by atoms with Gasteiger partial charge in [0.25, 0.3) is 0 Å². The number of hydrogen-bond donors (Lipinski definition) is 2. The normalized spacial score (nSPS) is 13.3. The van der Waals surface area contributed by atoms with Crippen LogP contribution in [0.3, 0.4) is 0 Å². The summed E-state index contributed by atoms with van der Waals surface area (Å²) in [7, 11) is 1.37. The van der Waals surface area contributed by atoms with Gasteiger partial charge in [0.2, 0.25) is 0 Å². The molecule has 2 unspecified atom stereocenters. The zero-order valence-corrected chi connectivity index (χ0v) is 18.5. The number of benzene rings is 1. The van der Waals surface area contributed by atoms with Gasteiger partial charge in [0.05, 0.1) is 24.8 Å². The molecule has 0 spiro atoms. The van der Waals surface area contributed by atoms with E-state index in [1.54, 1.807) is 0 Å². The lowest BCUT2D eigenvalue weighted by Gasteiger charge is -2.13. The van der Waals surface area contributed by atoms with Gasteiger partial charge in [-0.05, 0) is 37.0 Å². The summed E-state index contributed by atoms with van der Waals surface area (Å²) in [4.78, 5) is 15.9. The Morgan fingerprint density at radius 3 is 2.50 bits per heavy atom. The van der Waals surface area contributed by atoms with Gasteiger partial charge < -0.3 is 14.9 Å². The highest BCUT2D eigenvalue weighted by molar-refractivity contribution is 5.79. The van der Waals surface area contributed by atoms with Gasteiger partial charge in [0.15, 0.2) is 0 Å². The summed E-state index contributed by atoms with van der Waals surface area (Å²) in [5.74, 6) is -0.252. The van der Waals surface area contributed by atoms with Crippen molar-refractivity contribution in [3.63, 3.8) is 0 Å². The zero-order valence-electron chi connectivity index (χ0n) is 18.5. The minimum Gasteiger partial charge on any atom is -0.469 e. The average molecular weight is 416 g/mol. The van der Waals surface area contributed by atoms with Gasteiger partial charge in [0, 0.05) is 23.9 Å². The molecule has 5 heteroatoms. The van der Waals surface area contributed by atoms with Crippen molar-refractivity contribution in [1.82, 2.24) is 4.98 Å². The third-order valence-corrected chi connectivity index (χ3v) is 5.58. The number of methoxy groups -OCH3 is 1. The first kappa shape index (κ1) is 24.3. The molecule has 2 N–H and O–H groups in total. The van der Waals surface area contributed by atoms with Crippen LogP contribution in [0.25, 0.3) is 10.9 Å². The highest BCUT2D eigenvalue weighted by Gasteiger charge is 2.11. The molecule has 0 fully saturated rings. The van der Waals surface area contributed by atoms with E-state index < -0.39 is 12.2 Å². The molecule has 2 rings (SSSR count). The zero-order chi connectivity index (χ0) is 21.8. The molecule has 1 aromatic carbocycles. The van der Waals surface area contributed by atoms with E-state index in [9.17, 15) is 15.0 Å². The van der Waals surface area contributed by atoms with Crippen molar-refractivity contribution in [2.45, 2.75) is 89.8 Å². The van der Waals surface area contributed by atoms with Gasteiger partial charge in [-0.1, -0.05) is 63.6 Å². The fourth-order valence-electron chi connectivity index (χ4n) is 3.71. The fourth-order valence-corrected chi connectivity index (χ4v) is 3.71. The molecule has 0 aliphatic heterocycles. The summed E-state index contributed by atoms with van der Waals surface area (Å²) in [6.45, 7) is 2.22. The first-order valence-electron chi connectivity index (χ1n) is 11.4. The molecule has 1 heterocycles. The van der Waals surface area contributed by atoms with Crippen LogP contribution >= 0.6 is 0 Å². The van der Waals surface area contributed by atoms with Gasteiger partial charge >= 0.3 is 5.97 Å². The summed E-state index contributed by atoms with van der Waals surface area (Å²) < 4.78 is 4.62. The van der Waals surface area contributed by atoms with Crippen LogP contribution in [0.1, 0.15) is 88.5 Å². The van der Waals surface area contributed by atoms with E-state index in [2.05, 4.69) is 16.6 Å². The number of rotatable bonds is 14. The van der Waals surface area contributed by atoms with E-state index in [4.69, 9.17) is 0 Å². The van der Waals surface area contributed by atoms with Crippen molar-refractivity contribution >= 4 is 16.9 Å². The van der Waals surface area contributed by atoms with Crippen LogP contribution in [0.2, 0.25) is 0 Å². The summed E-state index contributed by atoms with van der Waals surface area (Å²) in [5.41, 5.74) is 2.56. The minimum absolute atomic E-state index is 0.252.